The van der Waals surface area contributed by atoms with E-state index in [2.05, 4.69) is 11.8 Å². The monoisotopic (exact) mass is 276 g/mol. The summed E-state index contributed by atoms with van der Waals surface area (Å²) in [6.07, 6.45) is 0. The number of aryl methyl sites for hydroxylation is 1. The molecule has 0 aliphatic heterocycles. The smallest absolute Gasteiger partial charge is 0.307 e. The Labute approximate surface area is 114 Å². The van der Waals surface area contributed by atoms with E-state index in [9.17, 15) is 9.18 Å². The molecular weight excluding hydrogens is 263 g/mol. The zero-order chi connectivity index (χ0) is 13.8. The van der Waals surface area contributed by atoms with Gasteiger partial charge in [-0.05, 0) is 24.6 Å². The summed E-state index contributed by atoms with van der Waals surface area (Å²) in [6, 6.07) is 4.68. The Morgan fingerprint density at radius 3 is 2.89 bits per heavy atom. The van der Waals surface area contributed by atoms with Gasteiger partial charge in [0.1, 0.15) is 5.82 Å². The van der Waals surface area contributed by atoms with E-state index in [1.54, 1.807) is 22.1 Å². The Kier molecular flexibility index (Phi) is 4.15. The standard InChI is InChI=1S/C14H13FN2OS/c1-10-9-19-14(18)17(10)8-11-4-5-13(15)12(7-11)3-2-6-16/h4-5,7,9H,6,8,16H2,1H3. The average Bonchev–Trinajstić information content (AvgIpc) is 2.71. The molecule has 0 spiro atoms. The highest BCUT2D eigenvalue weighted by molar-refractivity contribution is 7.07. The lowest BCUT2D eigenvalue weighted by Gasteiger charge is -2.05. The van der Waals surface area contributed by atoms with Gasteiger partial charge in [-0.25, -0.2) is 4.39 Å². The van der Waals surface area contributed by atoms with Crippen LogP contribution in [0.3, 0.4) is 0 Å². The van der Waals surface area contributed by atoms with Crippen molar-refractivity contribution >= 4 is 11.3 Å². The maximum Gasteiger partial charge on any atom is 0.307 e. The van der Waals surface area contributed by atoms with Gasteiger partial charge in [0.25, 0.3) is 0 Å². The molecule has 0 unspecified atom stereocenters. The van der Waals surface area contributed by atoms with Crippen molar-refractivity contribution in [3.63, 3.8) is 0 Å². The molecule has 2 aromatic rings. The van der Waals surface area contributed by atoms with Gasteiger partial charge in [-0.3, -0.25) is 9.36 Å². The third-order valence-electron chi connectivity index (χ3n) is 2.67. The molecule has 0 aliphatic carbocycles. The van der Waals surface area contributed by atoms with Crippen molar-refractivity contribution in [2.75, 3.05) is 6.54 Å². The van der Waals surface area contributed by atoms with Gasteiger partial charge in [-0.15, -0.1) is 0 Å². The second kappa shape index (κ2) is 5.83. The van der Waals surface area contributed by atoms with Crippen molar-refractivity contribution in [1.29, 1.82) is 0 Å². The van der Waals surface area contributed by atoms with Crippen molar-refractivity contribution in [2.24, 2.45) is 5.73 Å². The normalized spacial score (nSPS) is 10.1. The molecule has 5 heteroatoms. The van der Waals surface area contributed by atoms with Gasteiger partial charge in [0.2, 0.25) is 0 Å². The van der Waals surface area contributed by atoms with Gasteiger partial charge in [-0.2, -0.15) is 0 Å². The number of halogens is 1. The fourth-order valence-electron chi connectivity index (χ4n) is 1.69. The molecular formula is C14H13FN2OS. The summed E-state index contributed by atoms with van der Waals surface area (Å²) in [5.41, 5.74) is 7.32. The zero-order valence-corrected chi connectivity index (χ0v) is 11.3. The van der Waals surface area contributed by atoms with Gasteiger partial charge in [-0.1, -0.05) is 29.2 Å². The summed E-state index contributed by atoms with van der Waals surface area (Å²) < 4.78 is 15.2. The molecule has 2 N–H and O–H groups in total. The van der Waals surface area contributed by atoms with Crippen LogP contribution < -0.4 is 10.6 Å². The van der Waals surface area contributed by atoms with Crippen LogP contribution in [0.5, 0.6) is 0 Å². The van der Waals surface area contributed by atoms with Crippen LogP contribution in [0.25, 0.3) is 0 Å². The van der Waals surface area contributed by atoms with Crippen molar-refractivity contribution in [3.05, 3.63) is 55.9 Å². The largest absolute Gasteiger partial charge is 0.320 e. The topological polar surface area (TPSA) is 48.0 Å². The lowest BCUT2D eigenvalue weighted by molar-refractivity contribution is 0.622. The zero-order valence-electron chi connectivity index (χ0n) is 10.4. The molecule has 1 heterocycles. The number of rotatable bonds is 2. The first-order valence-corrected chi connectivity index (χ1v) is 6.62. The second-order valence-electron chi connectivity index (χ2n) is 4.05. The van der Waals surface area contributed by atoms with Crippen molar-refractivity contribution in [1.82, 2.24) is 4.57 Å². The van der Waals surface area contributed by atoms with E-state index >= 15 is 0 Å². The average molecular weight is 276 g/mol. The molecule has 0 saturated heterocycles. The van der Waals surface area contributed by atoms with E-state index in [1.165, 1.54) is 6.07 Å². The molecule has 98 valence electrons. The summed E-state index contributed by atoms with van der Waals surface area (Å²) >= 11 is 1.16. The molecule has 0 saturated carbocycles. The number of nitrogens with zero attached hydrogens (tertiary/aromatic N) is 1. The van der Waals surface area contributed by atoms with Gasteiger partial charge in [0, 0.05) is 11.1 Å². The first kappa shape index (κ1) is 13.5. The third-order valence-corrected chi connectivity index (χ3v) is 3.55. The third kappa shape index (κ3) is 3.11. The van der Waals surface area contributed by atoms with Crippen LogP contribution >= 0.6 is 11.3 Å². The number of hydrogen-bond donors (Lipinski definition) is 1. The Morgan fingerprint density at radius 2 is 2.26 bits per heavy atom. The van der Waals surface area contributed by atoms with Crippen molar-refractivity contribution in [2.45, 2.75) is 13.5 Å². The van der Waals surface area contributed by atoms with E-state index in [-0.39, 0.29) is 17.2 Å². The Bertz CT molecular complexity index is 706. The van der Waals surface area contributed by atoms with E-state index in [0.29, 0.717) is 12.1 Å². The van der Waals surface area contributed by atoms with Gasteiger partial charge in [0.05, 0.1) is 18.7 Å². The molecule has 0 radical (unpaired) electrons. The van der Waals surface area contributed by atoms with E-state index in [4.69, 9.17) is 5.73 Å². The number of benzene rings is 1. The predicted octanol–water partition coefficient (Wildman–Crippen LogP) is 1.72. The Hall–Kier alpha value is -1.90. The lowest BCUT2D eigenvalue weighted by Crippen LogP contribution is -2.15. The van der Waals surface area contributed by atoms with E-state index < -0.39 is 0 Å². The second-order valence-corrected chi connectivity index (χ2v) is 4.87. The Morgan fingerprint density at radius 1 is 1.47 bits per heavy atom. The minimum absolute atomic E-state index is 0.0172. The Balaban J connectivity index is 2.34. The molecule has 0 bridgehead atoms. The minimum Gasteiger partial charge on any atom is -0.320 e. The fourth-order valence-corrected chi connectivity index (χ4v) is 2.43. The molecule has 0 fully saturated rings. The first-order chi connectivity index (χ1) is 9.11. The summed E-state index contributed by atoms with van der Waals surface area (Å²) in [5, 5.41) is 1.81. The molecule has 1 aromatic heterocycles. The molecule has 19 heavy (non-hydrogen) atoms. The number of thiazole rings is 1. The van der Waals surface area contributed by atoms with Gasteiger partial charge >= 0.3 is 4.87 Å². The van der Waals surface area contributed by atoms with E-state index in [0.717, 1.165) is 22.6 Å². The molecule has 0 amide bonds. The first-order valence-electron chi connectivity index (χ1n) is 5.74. The minimum atomic E-state index is -0.376. The van der Waals surface area contributed by atoms with Crippen LogP contribution in [-0.4, -0.2) is 11.1 Å². The molecule has 2 rings (SSSR count). The number of aromatic nitrogens is 1. The van der Waals surface area contributed by atoms with Crippen LogP contribution in [-0.2, 0) is 6.54 Å². The summed E-state index contributed by atoms with van der Waals surface area (Å²) in [4.78, 5) is 11.6. The highest BCUT2D eigenvalue weighted by Crippen LogP contribution is 2.12. The number of nitrogens with two attached hydrogens (primary N) is 1. The van der Waals surface area contributed by atoms with Gasteiger partial charge < -0.3 is 5.73 Å². The maximum absolute atomic E-state index is 13.5. The molecule has 0 atom stereocenters. The molecule has 3 nitrogen and oxygen atoms in total. The maximum atomic E-state index is 13.5. The van der Waals surface area contributed by atoms with Crippen LogP contribution in [0, 0.1) is 24.6 Å². The summed E-state index contributed by atoms with van der Waals surface area (Å²) in [6.45, 7) is 2.48. The predicted molar refractivity (Wildman–Crippen MR) is 74.8 cm³/mol. The van der Waals surface area contributed by atoms with Crippen LogP contribution in [0.15, 0.2) is 28.4 Å². The molecule has 0 aliphatic rings. The number of hydrogen-bond acceptors (Lipinski definition) is 3. The highest BCUT2D eigenvalue weighted by Gasteiger charge is 2.06. The fraction of sp³-hybridized carbons (Fsp3) is 0.214. The summed E-state index contributed by atoms with van der Waals surface area (Å²) in [5.74, 6) is 4.94. The molecule has 1 aromatic carbocycles. The van der Waals surface area contributed by atoms with Crippen molar-refractivity contribution < 1.29 is 4.39 Å². The highest BCUT2D eigenvalue weighted by atomic mass is 32.1. The van der Waals surface area contributed by atoms with Crippen molar-refractivity contribution in [3.8, 4) is 11.8 Å². The van der Waals surface area contributed by atoms with E-state index in [1.807, 2.05) is 6.92 Å². The van der Waals surface area contributed by atoms with Crippen LogP contribution in [0.1, 0.15) is 16.8 Å². The van der Waals surface area contributed by atoms with Crippen LogP contribution in [0.2, 0.25) is 0 Å². The summed E-state index contributed by atoms with van der Waals surface area (Å²) in [7, 11) is 0. The van der Waals surface area contributed by atoms with Crippen LogP contribution in [0.4, 0.5) is 4.39 Å². The quantitative estimate of drug-likeness (QED) is 0.849. The lowest BCUT2D eigenvalue weighted by atomic mass is 10.1. The van der Waals surface area contributed by atoms with Gasteiger partial charge in [0.15, 0.2) is 0 Å². The SMILES string of the molecule is Cc1csc(=O)n1Cc1ccc(F)c(C#CCN)c1.